The van der Waals surface area contributed by atoms with Crippen molar-refractivity contribution in [1.82, 2.24) is 10.2 Å². The lowest BCUT2D eigenvalue weighted by Gasteiger charge is -2.21. The van der Waals surface area contributed by atoms with Crippen molar-refractivity contribution in [2.75, 3.05) is 20.6 Å². The molecule has 0 aromatic heterocycles. The largest absolute Gasteiger partial charge is 0.345 e. The molecule has 1 N–H and O–H groups in total. The number of carbonyl (C=O) groups excluding carboxylic acids is 1. The molecule has 122 valence electrons. The van der Waals surface area contributed by atoms with E-state index < -0.39 is 0 Å². The molecule has 1 unspecified atom stereocenters. The van der Waals surface area contributed by atoms with Crippen LogP contribution < -0.4 is 5.32 Å². The van der Waals surface area contributed by atoms with Gasteiger partial charge in [-0.15, -0.1) is 0 Å². The first-order valence-corrected chi connectivity index (χ1v) is 8.88. The zero-order chi connectivity index (χ0) is 16.8. The van der Waals surface area contributed by atoms with Crippen LogP contribution in [0.15, 0.2) is 48.5 Å². The van der Waals surface area contributed by atoms with Crippen LogP contribution in [-0.2, 0) is 0 Å². The van der Waals surface area contributed by atoms with Crippen molar-refractivity contribution in [2.24, 2.45) is 0 Å². The Hall–Kier alpha value is -1.11. The molecule has 1 amide bonds. The van der Waals surface area contributed by atoms with Crippen molar-refractivity contribution < 1.29 is 4.79 Å². The van der Waals surface area contributed by atoms with Crippen LogP contribution in [0.4, 0.5) is 0 Å². The third-order valence-corrected chi connectivity index (χ3v) is 4.52. The standard InChI is InChI=1S/C18H20ClIN2O/c1-22(2)12-11-17(13-3-7-15(19)8-4-13)21-18(23)14-5-9-16(20)10-6-14/h3-10,17H,11-12H2,1-2H3,(H,21,23). The Bertz CT molecular complexity index is 641. The molecule has 0 bridgehead atoms. The predicted octanol–water partition coefficient (Wildman–Crippen LogP) is 4.37. The molecule has 2 rings (SSSR count). The van der Waals surface area contributed by atoms with Crippen molar-refractivity contribution in [1.29, 1.82) is 0 Å². The highest BCUT2D eigenvalue weighted by atomic mass is 127. The fourth-order valence-corrected chi connectivity index (χ4v) is 2.73. The van der Waals surface area contributed by atoms with Gasteiger partial charge in [0.15, 0.2) is 0 Å². The Morgan fingerprint density at radius 2 is 1.74 bits per heavy atom. The summed E-state index contributed by atoms with van der Waals surface area (Å²) in [5.41, 5.74) is 1.74. The molecule has 0 spiro atoms. The van der Waals surface area contributed by atoms with E-state index in [9.17, 15) is 4.79 Å². The average Bonchev–Trinajstić information content (AvgIpc) is 2.52. The normalized spacial score (nSPS) is 12.2. The molecule has 2 aromatic carbocycles. The van der Waals surface area contributed by atoms with Gasteiger partial charge < -0.3 is 10.2 Å². The number of nitrogens with zero attached hydrogens (tertiary/aromatic N) is 1. The van der Waals surface area contributed by atoms with Gasteiger partial charge in [0.05, 0.1) is 6.04 Å². The zero-order valence-electron chi connectivity index (χ0n) is 13.2. The van der Waals surface area contributed by atoms with Gasteiger partial charge in [-0.05, 0) is 91.6 Å². The number of nitrogens with one attached hydrogen (secondary N) is 1. The molecule has 5 heteroatoms. The minimum atomic E-state index is -0.0555. The van der Waals surface area contributed by atoms with E-state index >= 15 is 0 Å². The summed E-state index contributed by atoms with van der Waals surface area (Å²) < 4.78 is 1.11. The van der Waals surface area contributed by atoms with Gasteiger partial charge in [-0.1, -0.05) is 23.7 Å². The number of amides is 1. The monoisotopic (exact) mass is 442 g/mol. The second-order valence-corrected chi connectivity index (χ2v) is 7.36. The van der Waals surface area contributed by atoms with Crippen LogP contribution in [0.3, 0.4) is 0 Å². The van der Waals surface area contributed by atoms with Gasteiger partial charge >= 0.3 is 0 Å². The third kappa shape index (κ3) is 5.79. The number of rotatable bonds is 6. The first kappa shape index (κ1) is 18.2. The summed E-state index contributed by atoms with van der Waals surface area (Å²) in [6, 6.07) is 15.2. The molecule has 3 nitrogen and oxygen atoms in total. The van der Waals surface area contributed by atoms with Crippen molar-refractivity contribution >= 4 is 40.1 Å². The molecule has 23 heavy (non-hydrogen) atoms. The molecule has 0 radical (unpaired) electrons. The topological polar surface area (TPSA) is 32.3 Å². The summed E-state index contributed by atoms with van der Waals surface area (Å²) in [7, 11) is 4.06. The molecule has 0 aliphatic carbocycles. The number of hydrogen-bond donors (Lipinski definition) is 1. The number of benzene rings is 2. The highest BCUT2D eigenvalue weighted by molar-refractivity contribution is 14.1. The Morgan fingerprint density at radius 1 is 1.13 bits per heavy atom. The van der Waals surface area contributed by atoms with E-state index in [0.717, 1.165) is 22.1 Å². The summed E-state index contributed by atoms with van der Waals surface area (Å²) in [5.74, 6) is -0.0555. The Balaban J connectivity index is 2.14. The third-order valence-electron chi connectivity index (χ3n) is 3.55. The first-order valence-electron chi connectivity index (χ1n) is 7.42. The van der Waals surface area contributed by atoms with Gasteiger partial charge in [0.2, 0.25) is 0 Å². The van der Waals surface area contributed by atoms with Crippen LogP contribution in [0.5, 0.6) is 0 Å². The molecule has 0 saturated heterocycles. The minimum Gasteiger partial charge on any atom is -0.345 e. The summed E-state index contributed by atoms with van der Waals surface area (Å²) >= 11 is 8.19. The number of carbonyl (C=O) groups is 1. The van der Waals surface area contributed by atoms with Gasteiger partial charge in [-0.3, -0.25) is 4.79 Å². The number of halogens is 2. The van der Waals surface area contributed by atoms with Crippen LogP contribution in [0, 0.1) is 3.57 Å². The maximum atomic E-state index is 12.5. The van der Waals surface area contributed by atoms with Gasteiger partial charge in [-0.2, -0.15) is 0 Å². The van der Waals surface area contributed by atoms with Crippen LogP contribution >= 0.6 is 34.2 Å². The van der Waals surface area contributed by atoms with Crippen LogP contribution in [0.1, 0.15) is 28.4 Å². The maximum Gasteiger partial charge on any atom is 0.251 e. The van der Waals surface area contributed by atoms with Crippen LogP contribution in [0.2, 0.25) is 5.02 Å². The summed E-state index contributed by atoms with van der Waals surface area (Å²) in [6.07, 6.45) is 0.838. The minimum absolute atomic E-state index is 0.0403. The second-order valence-electron chi connectivity index (χ2n) is 5.68. The van der Waals surface area contributed by atoms with Gasteiger partial charge in [0.1, 0.15) is 0 Å². The number of hydrogen-bond acceptors (Lipinski definition) is 2. The SMILES string of the molecule is CN(C)CCC(NC(=O)c1ccc(I)cc1)c1ccc(Cl)cc1. The van der Waals surface area contributed by atoms with E-state index in [1.54, 1.807) is 0 Å². The van der Waals surface area contributed by atoms with Gasteiger partial charge in [0.25, 0.3) is 5.91 Å². The summed E-state index contributed by atoms with van der Waals surface area (Å²) in [6.45, 7) is 0.889. The Morgan fingerprint density at radius 3 is 2.30 bits per heavy atom. The molecular formula is C18H20ClIN2O. The lowest BCUT2D eigenvalue weighted by atomic mass is 10.0. The van der Waals surface area contributed by atoms with Crippen molar-refractivity contribution in [2.45, 2.75) is 12.5 Å². The quantitative estimate of drug-likeness (QED) is 0.674. The fraction of sp³-hybridized carbons (Fsp3) is 0.278. The molecule has 0 heterocycles. The molecular weight excluding hydrogens is 423 g/mol. The zero-order valence-corrected chi connectivity index (χ0v) is 16.1. The van der Waals surface area contributed by atoms with E-state index in [2.05, 4.69) is 32.8 Å². The molecule has 1 atom stereocenters. The van der Waals surface area contributed by atoms with Gasteiger partial charge in [0, 0.05) is 14.2 Å². The van der Waals surface area contributed by atoms with E-state index in [1.165, 1.54) is 0 Å². The van der Waals surface area contributed by atoms with Gasteiger partial charge in [-0.25, -0.2) is 0 Å². The second kappa shape index (κ2) is 8.66. The smallest absolute Gasteiger partial charge is 0.251 e. The van der Waals surface area contributed by atoms with E-state index in [4.69, 9.17) is 11.6 Å². The van der Waals surface area contributed by atoms with E-state index in [0.29, 0.717) is 10.6 Å². The van der Waals surface area contributed by atoms with Crippen molar-refractivity contribution in [3.05, 3.63) is 68.3 Å². The van der Waals surface area contributed by atoms with E-state index in [1.807, 2.05) is 62.6 Å². The maximum absolute atomic E-state index is 12.5. The van der Waals surface area contributed by atoms with Crippen LogP contribution in [0.25, 0.3) is 0 Å². The highest BCUT2D eigenvalue weighted by Gasteiger charge is 2.16. The molecule has 2 aromatic rings. The predicted molar refractivity (Wildman–Crippen MR) is 104 cm³/mol. The summed E-state index contributed by atoms with van der Waals surface area (Å²) in [5, 5.41) is 3.83. The van der Waals surface area contributed by atoms with E-state index in [-0.39, 0.29) is 11.9 Å². The van der Waals surface area contributed by atoms with Crippen LogP contribution in [-0.4, -0.2) is 31.4 Å². The highest BCUT2D eigenvalue weighted by Crippen LogP contribution is 2.20. The Kier molecular flexibility index (Phi) is 6.87. The first-order chi connectivity index (χ1) is 11.0. The molecule has 0 fully saturated rings. The molecule has 0 aliphatic heterocycles. The molecule has 0 saturated carbocycles. The van der Waals surface area contributed by atoms with Crippen molar-refractivity contribution in [3.63, 3.8) is 0 Å². The fourth-order valence-electron chi connectivity index (χ4n) is 2.25. The Labute approximate surface area is 156 Å². The van der Waals surface area contributed by atoms with Crippen molar-refractivity contribution in [3.8, 4) is 0 Å². The average molecular weight is 443 g/mol. The molecule has 0 aliphatic rings. The summed E-state index contributed by atoms with van der Waals surface area (Å²) in [4.78, 5) is 14.6. The lowest BCUT2D eigenvalue weighted by molar-refractivity contribution is 0.0932. The lowest BCUT2D eigenvalue weighted by Crippen LogP contribution is -2.31.